The van der Waals surface area contributed by atoms with Crippen LogP contribution in [0, 0.1) is 30.5 Å². The Kier molecular flexibility index (Phi) is 13.8. The molecule has 2 aliphatic rings. The van der Waals surface area contributed by atoms with Crippen LogP contribution in [0.5, 0.6) is 0 Å². The smallest absolute Gasteiger partial charge is 0.269 e. The summed E-state index contributed by atoms with van der Waals surface area (Å²) in [7, 11) is -6.76. The number of rotatable bonds is 12. The summed E-state index contributed by atoms with van der Waals surface area (Å²) in [5.74, 6) is 3.51. The van der Waals surface area contributed by atoms with Crippen molar-refractivity contribution in [3.63, 3.8) is 0 Å². The number of nitrogens with one attached hydrogen (secondary N) is 1. The molecule has 0 saturated heterocycles. The van der Waals surface area contributed by atoms with E-state index in [-0.39, 0.29) is 15.8 Å². The molecule has 2 aromatic carbocycles. The maximum absolute atomic E-state index is 13.2. The van der Waals surface area contributed by atoms with E-state index in [4.69, 9.17) is 4.78 Å². The van der Waals surface area contributed by atoms with Crippen LogP contribution in [0.4, 0.5) is 11.6 Å². The molecule has 0 bridgehead atoms. The first kappa shape index (κ1) is 46.3. The lowest BCUT2D eigenvalue weighted by molar-refractivity contribution is 0.342. The van der Waals surface area contributed by atoms with Crippen LogP contribution in [-0.2, 0) is 40.6 Å². The number of anilines is 2. The summed E-state index contributed by atoms with van der Waals surface area (Å²) in [6.45, 7) is 3.84. The van der Waals surface area contributed by atoms with E-state index in [9.17, 15) is 25.3 Å². The molecule has 1 N–H and O–H groups in total. The third-order valence-corrected chi connectivity index (χ3v) is 17.8. The molecule has 4 heterocycles. The normalized spacial score (nSPS) is 21.0. The fourth-order valence-electron chi connectivity index (χ4n) is 8.95. The highest BCUT2D eigenvalue weighted by atomic mass is 32.2. The molecule has 0 radical (unpaired) electrons. The Bertz CT molecular complexity index is 2920. The van der Waals surface area contributed by atoms with Gasteiger partial charge in [0.05, 0.1) is 20.6 Å². The van der Waals surface area contributed by atoms with Gasteiger partial charge in [-0.1, -0.05) is 35.4 Å². The highest BCUT2D eigenvalue weighted by molar-refractivity contribution is 7.91. The molecule has 2 aliphatic carbocycles. The van der Waals surface area contributed by atoms with Crippen LogP contribution in [0.25, 0.3) is 22.1 Å². The summed E-state index contributed by atoms with van der Waals surface area (Å²) >= 11 is 0. The molecule has 15 nitrogen and oxygen atoms in total. The lowest BCUT2D eigenvalue weighted by atomic mass is 9.86. The summed E-state index contributed by atoms with van der Waals surface area (Å²) < 4.78 is 86.3. The maximum Gasteiger partial charge on any atom is 0.269 e. The van der Waals surface area contributed by atoms with Crippen LogP contribution in [-0.4, -0.2) is 103 Å². The van der Waals surface area contributed by atoms with Crippen LogP contribution in [0.15, 0.2) is 95.5 Å². The Balaban J connectivity index is 0.000000189. The quantitative estimate of drug-likeness (QED) is 0.132. The van der Waals surface area contributed by atoms with Crippen LogP contribution in [0.3, 0.4) is 0 Å². The van der Waals surface area contributed by atoms with Gasteiger partial charge >= 0.3 is 0 Å². The first-order valence-electron chi connectivity index (χ1n) is 21.1. The first-order chi connectivity index (χ1) is 29.8. The van der Waals surface area contributed by atoms with Crippen LogP contribution < -0.4 is 9.80 Å². The number of aryl methyl sites for hydroxylation is 2. The monoisotopic (exact) mass is 935 g/mol. The average molecular weight is 936 g/mol. The number of fused-ring (bicyclic) bond motifs is 2. The number of hydrogen-bond donors (Lipinski definition) is 1. The standard InChI is InChI=1S/C22H29N5O3S2.C22H28N4O3S2/c1-16-4-10-19(11-5-16)32(29,30)27-13-12-20-21(24-15-25-22(20)27)26(2)18-8-6-17(7-9-18)14-31(3,23)28;1-16-4-10-19(11-5-16)31(28,29)26-13-12-20-21(23-15-24-22(20)26)25(2)18-8-6-17(7-9-18)14-30(3)27/h4-5,10-13,15,17-18,23H,6-9,14H2,1-3H3;4-5,10-13,15,17-18H,6-9,14H2,1-3H3. The molecule has 19 heteroatoms. The van der Waals surface area contributed by atoms with Gasteiger partial charge in [-0.25, -0.2) is 44.7 Å². The summed E-state index contributed by atoms with van der Waals surface area (Å²) in [6, 6.07) is 17.7. The third kappa shape index (κ3) is 10.3. The molecule has 2 unspecified atom stereocenters. The highest BCUT2D eigenvalue weighted by Gasteiger charge is 2.30. The number of nitrogens with zero attached hydrogens (tertiary/aromatic N) is 8. The van der Waals surface area contributed by atoms with E-state index in [0.717, 1.165) is 79.5 Å². The second-order valence-corrected chi connectivity index (χ2v) is 24.7. The molecular weight excluding hydrogens is 879 g/mol. The molecule has 2 saturated carbocycles. The zero-order valence-electron chi connectivity index (χ0n) is 36.6. The number of aromatic nitrogens is 6. The molecule has 0 amide bonds. The molecule has 63 heavy (non-hydrogen) atoms. The summed E-state index contributed by atoms with van der Waals surface area (Å²) in [5, 5.41) is 1.41. The van der Waals surface area contributed by atoms with Crippen LogP contribution in [0.1, 0.15) is 62.5 Å². The van der Waals surface area contributed by atoms with Crippen molar-refractivity contribution in [3.8, 4) is 0 Å². The Hall–Kier alpha value is -4.72. The van der Waals surface area contributed by atoms with E-state index in [2.05, 4.69) is 29.7 Å². The molecule has 0 aliphatic heterocycles. The fraction of sp³-hybridized carbons (Fsp3) is 0.455. The molecule has 2 fully saturated rings. The van der Waals surface area contributed by atoms with E-state index in [1.54, 1.807) is 73.1 Å². The molecule has 338 valence electrons. The Morgan fingerprint density at radius 2 is 1.00 bits per heavy atom. The zero-order valence-corrected chi connectivity index (χ0v) is 39.9. The molecule has 4 aromatic heterocycles. The predicted molar refractivity (Wildman–Crippen MR) is 251 cm³/mol. The van der Waals surface area contributed by atoms with Crippen molar-refractivity contribution in [3.05, 3.63) is 96.8 Å². The van der Waals surface area contributed by atoms with Gasteiger partial charge in [0.15, 0.2) is 11.3 Å². The van der Waals surface area contributed by atoms with Crippen molar-refractivity contribution < 1.29 is 25.3 Å². The van der Waals surface area contributed by atoms with Gasteiger partial charge in [-0.05, 0) is 113 Å². The predicted octanol–water partition coefficient (Wildman–Crippen LogP) is 7.00. The molecule has 6 aromatic rings. The Morgan fingerprint density at radius 3 is 1.37 bits per heavy atom. The van der Waals surface area contributed by atoms with Gasteiger partial charge in [0.1, 0.15) is 24.3 Å². The summed E-state index contributed by atoms with van der Waals surface area (Å²) in [4.78, 5) is 22.2. The maximum atomic E-state index is 13.2. The number of benzene rings is 2. The summed E-state index contributed by atoms with van der Waals surface area (Å²) in [5.41, 5.74) is 2.73. The Morgan fingerprint density at radius 1 is 0.619 bits per heavy atom. The second kappa shape index (κ2) is 18.8. The van der Waals surface area contributed by atoms with Crippen LogP contribution in [0.2, 0.25) is 0 Å². The van der Waals surface area contributed by atoms with Gasteiger partial charge in [0.25, 0.3) is 20.0 Å². The van der Waals surface area contributed by atoms with Gasteiger partial charge in [0.2, 0.25) is 0 Å². The highest BCUT2D eigenvalue weighted by Crippen LogP contribution is 2.35. The average Bonchev–Trinajstić information content (AvgIpc) is 3.90. The van der Waals surface area contributed by atoms with Gasteiger partial charge < -0.3 is 9.80 Å². The number of hydrogen-bond acceptors (Lipinski definition) is 13. The molecule has 2 atom stereocenters. The summed E-state index contributed by atoms with van der Waals surface area (Å²) in [6.07, 6.45) is 17.0. The lowest BCUT2D eigenvalue weighted by Crippen LogP contribution is -2.36. The Labute approximate surface area is 373 Å². The zero-order chi connectivity index (χ0) is 45.3. The fourth-order valence-corrected chi connectivity index (χ4v) is 13.8. The SMILES string of the molecule is Cc1ccc(S(=O)(=O)n2ccc3c(N(C)C4CCC(CS(C)(=N)=O)CC4)ncnc32)cc1.Cc1ccc(S(=O)(=O)n2ccc3c(N(C)C4CCC(CS(C)=O)CC4)ncnc32)cc1. The van der Waals surface area contributed by atoms with E-state index in [1.807, 2.05) is 27.9 Å². The van der Waals surface area contributed by atoms with E-state index >= 15 is 0 Å². The molecule has 8 rings (SSSR count). The van der Waals surface area contributed by atoms with Gasteiger partial charge in [-0.3, -0.25) is 13.2 Å². The topological polar surface area (TPSA) is 194 Å². The van der Waals surface area contributed by atoms with Crippen LogP contribution >= 0.6 is 0 Å². The molecular formula is C44H57N9O6S4. The van der Waals surface area contributed by atoms with Gasteiger partial charge in [-0.15, -0.1) is 0 Å². The second-order valence-electron chi connectivity index (χ2n) is 17.2. The van der Waals surface area contributed by atoms with Crippen molar-refractivity contribution >= 4 is 74.3 Å². The lowest BCUT2D eigenvalue weighted by Gasteiger charge is -2.35. The van der Waals surface area contributed by atoms with E-state index in [0.29, 0.717) is 46.1 Å². The molecule has 0 spiro atoms. The minimum Gasteiger partial charge on any atom is -0.356 e. The van der Waals surface area contributed by atoms with Crippen molar-refractivity contribution in [1.29, 1.82) is 4.78 Å². The van der Waals surface area contributed by atoms with Crippen molar-refractivity contribution in [2.24, 2.45) is 11.8 Å². The van der Waals surface area contributed by atoms with Crippen molar-refractivity contribution in [2.75, 3.05) is 47.9 Å². The van der Waals surface area contributed by atoms with Gasteiger partial charge in [0, 0.05) is 83.1 Å². The first-order valence-corrected chi connectivity index (χ1v) is 27.8. The largest absolute Gasteiger partial charge is 0.356 e. The minimum absolute atomic E-state index is 0.217. The van der Waals surface area contributed by atoms with Gasteiger partial charge in [-0.2, -0.15) is 0 Å². The van der Waals surface area contributed by atoms with E-state index in [1.165, 1.54) is 33.1 Å². The third-order valence-electron chi connectivity index (χ3n) is 12.4. The van der Waals surface area contributed by atoms with E-state index < -0.39 is 40.6 Å². The van der Waals surface area contributed by atoms with Crippen molar-refractivity contribution in [1.82, 2.24) is 27.9 Å². The minimum atomic E-state index is -3.77. The van der Waals surface area contributed by atoms with Crippen molar-refractivity contribution in [2.45, 2.75) is 87.1 Å².